The van der Waals surface area contributed by atoms with Gasteiger partial charge in [0.1, 0.15) is 5.75 Å². The van der Waals surface area contributed by atoms with E-state index in [1.807, 2.05) is 61.5 Å². The van der Waals surface area contributed by atoms with Crippen molar-refractivity contribution in [2.75, 3.05) is 26.8 Å². The minimum atomic E-state index is -0.476. The average molecular weight is 453 g/mol. The molecule has 0 saturated carbocycles. The Kier molecular flexibility index (Phi) is 8.87. The minimum absolute atomic E-state index is 0.0203. The average Bonchev–Trinajstić information content (AvgIpc) is 2.84. The monoisotopic (exact) mass is 452 g/mol. The lowest BCUT2D eigenvalue weighted by Gasteiger charge is -2.33. The van der Waals surface area contributed by atoms with Gasteiger partial charge in [0.15, 0.2) is 0 Å². The number of para-hydroxylation sites is 1. The van der Waals surface area contributed by atoms with E-state index in [1.54, 1.807) is 4.90 Å². The van der Waals surface area contributed by atoms with Crippen LogP contribution in [0.5, 0.6) is 5.75 Å². The third-order valence-corrected chi connectivity index (χ3v) is 5.87. The van der Waals surface area contributed by atoms with Crippen molar-refractivity contribution in [3.8, 4) is 5.75 Å². The maximum atomic E-state index is 13.1. The molecule has 1 N–H and O–H groups in total. The van der Waals surface area contributed by atoms with Crippen LogP contribution in [0.25, 0.3) is 0 Å². The Morgan fingerprint density at radius 3 is 2.52 bits per heavy atom. The Balaban J connectivity index is 1.55. The van der Waals surface area contributed by atoms with Gasteiger partial charge in [0.25, 0.3) is 0 Å². The Bertz CT molecular complexity index is 929. The summed E-state index contributed by atoms with van der Waals surface area (Å²) in [7, 11) is 1.34. The molecule has 1 saturated heterocycles. The highest BCUT2D eigenvalue weighted by Gasteiger charge is 2.30. The summed E-state index contributed by atoms with van der Waals surface area (Å²) >= 11 is 0. The molecule has 0 aromatic heterocycles. The molecule has 33 heavy (non-hydrogen) atoms. The van der Waals surface area contributed by atoms with Gasteiger partial charge in [-0.05, 0) is 37.5 Å². The van der Waals surface area contributed by atoms with Crippen molar-refractivity contribution < 1.29 is 23.9 Å². The van der Waals surface area contributed by atoms with Crippen LogP contribution in [-0.4, -0.2) is 49.5 Å². The van der Waals surface area contributed by atoms with Gasteiger partial charge in [0, 0.05) is 13.1 Å². The molecule has 2 amide bonds. The molecular weight excluding hydrogens is 420 g/mol. The van der Waals surface area contributed by atoms with Crippen LogP contribution in [0.3, 0.4) is 0 Å². The zero-order valence-electron chi connectivity index (χ0n) is 19.3. The molecule has 0 radical (unpaired) electrons. The number of hydrogen-bond acceptors (Lipinski definition) is 5. The normalized spacial score (nSPS) is 16.5. The third-order valence-electron chi connectivity index (χ3n) is 5.87. The number of nitrogens with one attached hydrogen (secondary N) is 1. The van der Waals surface area contributed by atoms with Gasteiger partial charge < -0.3 is 19.7 Å². The molecule has 176 valence electrons. The summed E-state index contributed by atoms with van der Waals surface area (Å²) < 4.78 is 10.4. The van der Waals surface area contributed by atoms with E-state index in [0.29, 0.717) is 26.1 Å². The number of piperidine rings is 1. The first-order chi connectivity index (χ1) is 16.0. The number of nitrogens with zero attached hydrogens (tertiary/aromatic N) is 1. The van der Waals surface area contributed by atoms with Crippen LogP contribution in [0.2, 0.25) is 0 Å². The fourth-order valence-corrected chi connectivity index (χ4v) is 3.94. The van der Waals surface area contributed by atoms with E-state index in [9.17, 15) is 14.4 Å². The molecule has 0 aliphatic carbocycles. The van der Waals surface area contributed by atoms with Crippen LogP contribution in [0, 0.1) is 12.8 Å². The van der Waals surface area contributed by atoms with Crippen molar-refractivity contribution in [2.45, 2.75) is 38.6 Å². The zero-order valence-corrected chi connectivity index (χ0v) is 19.3. The number of aryl methyl sites for hydroxylation is 1. The fraction of sp³-hybridized carbons (Fsp3) is 0.423. The first-order valence-corrected chi connectivity index (χ1v) is 11.4. The smallest absolute Gasteiger partial charge is 0.307 e. The van der Waals surface area contributed by atoms with E-state index in [2.05, 4.69) is 5.32 Å². The van der Waals surface area contributed by atoms with E-state index < -0.39 is 6.04 Å². The van der Waals surface area contributed by atoms with Crippen molar-refractivity contribution in [1.29, 1.82) is 0 Å². The van der Waals surface area contributed by atoms with Gasteiger partial charge in [0.2, 0.25) is 11.8 Å². The van der Waals surface area contributed by atoms with E-state index in [1.165, 1.54) is 7.11 Å². The van der Waals surface area contributed by atoms with Crippen LogP contribution in [0.15, 0.2) is 54.6 Å². The summed E-state index contributed by atoms with van der Waals surface area (Å²) in [6.45, 7) is 3.29. The molecule has 7 nitrogen and oxygen atoms in total. The van der Waals surface area contributed by atoms with Crippen molar-refractivity contribution >= 4 is 17.8 Å². The standard InChI is InChI=1S/C26H32N2O5/c1-19-10-12-20(13-11-19)23(17-25(30)32-2)27-26(31)21-7-6-15-28(18-21)24(29)14-16-33-22-8-4-3-5-9-22/h3-5,8-13,21,23H,6-7,14-18H2,1-2H3,(H,27,31). The minimum Gasteiger partial charge on any atom is -0.493 e. The SMILES string of the molecule is COC(=O)CC(NC(=O)C1CCCN(C(=O)CCOc2ccccc2)C1)c1ccc(C)cc1. The molecule has 2 atom stereocenters. The Morgan fingerprint density at radius 1 is 1.09 bits per heavy atom. The van der Waals surface area contributed by atoms with E-state index in [0.717, 1.165) is 23.3 Å². The molecule has 7 heteroatoms. The summed E-state index contributed by atoms with van der Waals surface area (Å²) in [5.41, 5.74) is 1.95. The van der Waals surface area contributed by atoms with E-state index >= 15 is 0 Å². The van der Waals surface area contributed by atoms with Crippen molar-refractivity contribution in [3.63, 3.8) is 0 Å². The van der Waals surface area contributed by atoms with Gasteiger partial charge in [-0.3, -0.25) is 14.4 Å². The second kappa shape index (κ2) is 12.0. The number of carbonyl (C=O) groups excluding carboxylic acids is 3. The maximum absolute atomic E-state index is 13.1. The molecule has 2 unspecified atom stereocenters. The van der Waals surface area contributed by atoms with Gasteiger partial charge in [-0.15, -0.1) is 0 Å². The second-order valence-electron chi connectivity index (χ2n) is 8.34. The second-order valence-corrected chi connectivity index (χ2v) is 8.34. The first kappa shape index (κ1) is 24.3. The molecule has 3 rings (SSSR count). The largest absolute Gasteiger partial charge is 0.493 e. The predicted molar refractivity (Wildman–Crippen MR) is 125 cm³/mol. The number of likely N-dealkylation sites (tertiary alicyclic amines) is 1. The number of methoxy groups -OCH3 is 1. The molecule has 1 aliphatic rings. The Morgan fingerprint density at radius 2 is 1.82 bits per heavy atom. The highest BCUT2D eigenvalue weighted by Crippen LogP contribution is 2.22. The Labute approximate surface area is 195 Å². The van der Waals surface area contributed by atoms with E-state index in [-0.39, 0.29) is 36.5 Å². The fourth-order valence-electron chi connectivity index (χ4n) is 3.94. The first-order valence-electron chi connectivity index (χ1n) is 11.4. The molecule has 0 spiro atoms. The molecule has 1 heterocycles. The molecule has 0 bridgehead atoms. The zero-order chi connectivity index (χ0) is 23.6. The molecule has 2 aromatic carbocycles. The number of esters is 1. The number of hydrogen-bond donors (Lipinski definition) is 1. The van der Waals surface area contributed by atoms with Gasteiger partial charge in [-0.25, -0.2) is 0 Å². The highest BCUT2D eigenvalue weighted by molar-refractivity contribution is 5.82. The van der Waals surface area contributed by atoms with Crippen LogP contribution >= 0.6 is 0 Å². The molecular formula is C26H32N2O5. The quantitative estimate of drug-likeness (QED) is 0.590. The summed E-state index contributed by atoms with van der Waals surface area (Å²) in [4.78, 5) is 39.4. The summed E-state index contributed by atoms with van der Waals surface area (Å²) in [6, 6.07) is 16.6. The van der Waals surface area contributed by atoms with Gasteiger partial charge in [0.05, 0.1) is 38.5 Å². The Hall–Kier alpha value is -3.35. The lowest BCUT2D eigenvalue weighted by Crippen LogP contribution is -2.46. The summed E-state index contributed by atoms with van der Waals surface area (Å²) in [5, 5.41) is 3.01. The van der Waals surface area contributed by atoms with Crippen LogP contribution in [-0.2, 0) is 19.1 Å². The highest BCUT2D eigenvalue weighted by atomic mass is 16.5. The number of benzene rings is 2. The van der Waals surface area contributed by atoms with Gasteiger partial charge in [-0.1, -0.05) is 48.0 Å². The number of amides is 2. The van der Waals surface area contributed by atoms with Crippen molar-refractivity contribution in [3.05, 3.63) is 65.7 Å². The van der Waals surface area contributed by atoms with Crippen LogP contribution < -0.4 is 10.1 Å². The number of rotatable bonds is 9. The van der Waals surface area contributed by atoms with Crippen molar-refractivity contribution in [1.82, 2.24) is 10.2 Å². The maximum Gasteiger partial charge on any atom is 0.307 e. The van der Waals surface area contributed by atoms with Crippen LogP contribution in [0.4, 0.5) is 0 Å². The third kappa shape index (κ3) is 7.34. The molecule has 1 aliphatic heterocycles. The van der Waals surface area contributed by atoms with Gasteiger partial charge in [-0.2, -0.15) is 0 Å². The number of carbonyl (C=O) groups is 3. The van der Waals surface area contributed by atoms with Gasteiger partial charge >= 0.3 is 5.97 Å². The lowest BCUT2D eigenvalue weighted by atomic mass is 9.95. The lowest BCUT2D eigenvalue weighted by molar-refractivity contribution is -0.141. The molecule has 2 aromatic rings. The van der Waals surface area contributed by atoms with Crippen LogP contribution in [0.1, 0.15) is 42.9 Å². The predicted octanol–water partition coefficient (Wildman–Crippen LogP) is 3.42. The molecule has 1 fully saturated rings. The summed E-state index contributed by atoms with van der Waals surface area (Å²) in [6.07, 6.45) is 1.78. The van der Waals surface area contributed by atoms with Crippen molar-refractivity contribution in [2.24, 2.45) is 5.92 Å². The number of ether oxygens (including phenoxy) is 2. The van der Waals surface area contributed by atoms with E-state index in [4.69, 9.17) is 9.47 Å². The summed E-state index contributed by atoms with van der Waals surface area (Å²) in [5.74, 6) is -0.146. The topological polar surface area (TPSA) is 84.9 Å².